The van der Waals surface area contributed by atoms with E-state index in [1.165, 1.54) is 31.3 Å². The Morgan fingerprint density at radius 1 is 1.06 bits per heavy atom. The van der Waals surface area contributed by atoms with E-state index < -0.39 is 40.4 Å². The van der Waals surface area contributed by atoms with Crippen molar-refractivity contribution >= 4 is 33.5 Å². The number of sulfonamides is 1. The van der Waals surface area contributed by atoms with Crippen LogP contribution in [0.3, 0.4) is 0 Å². The number of hydrogen-bond donors (Lipinski definition) is 0. The van der Waals surface area contributed by atoms with E-state index in [0.717, 1.165) is 17.7 Å². The lowest BCUT2D eigenvalue weighted by molar-refractivity contribution is -0.143. The molecule has 0 atom stereocenters. The van der Waals surface area contributed by atoms with Crippen molar-refractivity contribution in [2.24, 2.45) is 0 Å². The number of hydrogen-bond acceptors (Lipinski definition) is 8. The van der Waals surface area contributed by atoms with Gasteiger partial charge in [-0.2, -0.15) is 0 Å². The van der Waals surface area contributed by atoms with Gasteiger partial charge >= 0.3 is 5.97 Å². The molecule has 0 saturated carbocycles. The summed E-state index contributed by atoms with van der Waals surface area (Å²) >= 11 is 0. The van der Waals surface area contributed by atoms with Crippen LogP contribution in [0.2, 0.25) is 0 Å². The fraction of sp³-hybridized carbons (Fsp3) is 0.435. The van der Waals surface area contributed by atoms with Gasteiger partial charge in [0.15, 0.2) is 5.78 Å². The van der Waals surface area contributed by atoms with Crippen molar-refractivity contribution in [3.8, 4) is 11.3 Å². The molecule has 34 heavy (non-hydrogen) atoms. The van der Waals surface area contributed by atoms with E-state index in [1.807, 2.05) is 13.8 Å². The molecule has 1 aromatic carbocycles. The third kappa shape index (κ3) is 7.14. The first kappa shape index (κ1) is 27.0. The molecule has 0 aliphatic heterocycles. The van der Waals surface area contributed by atoms with Crippen LogP contribution < -0.4 is 4.31 Å². The van der Waals surface area contributed by atoms with E-state index in [2.05, 4.69) is 14.7 Å². The number of esters is 1. The molecule has 0 fully saturated rings. The summed E-state index contributed by atoms with van der Waals surface area (Å²) in [5.41, 5.74) is 2.03. The van der Waals surface area contributed by atoms with Crippen LogP contribution in [0.15, 0.2) is 24.3 Å². The Hall–Kier alpha value is -3.21. The molecule has 1 heterocycles. The summed E-state index contributed by atoms with van der Waals surface area (Å²) in [4.78, 5) is 44.5. The Kier molecular flexibility index (Phi) is 8.97. The monoisotopic (exact) mass is 493 g/mol. The van der Waals surface area contributed by atoms with Gasteiger partial charge in [0.2, 0.25) is 16.0 Å². The summed E-state index contributed by atoms with van der Waals surface area (Å²) in [6, 6.07) is 5.54. The lowest BCUT2D eigenvalue weighted by Crippen LogP contribution is -2.28. The summed E-state index contributed by atoms with van der Waals surface area (Å²) in [7, 11) is -1.16. The Morgan fingerprint density at radius 3 is 2.21 bits per heavy atom. The zero-order chi connectivity index (χ0) is 25.6. The second-order valence-electron chi connectivity index (χ2n) is 8.14. The van der Waals surface area contributed by atoms with Crippen molar-refractivity contribution in [3.05, 3.63) is 41.3 Å². The average molecular weight is 494 g/mol. The first-order valence-corrected chi connectivity index (χ1v) is 12.4. The standard InChI is InChI=1S/C23H28FN3O6S/c1-14(2)21-19(11-10-17(28)12-18(29)13-20(30)33-4)22(15-6-8-16(24)9-7-15)26-23(25-21)27(3)34(5,31)32/h6-9,14H,10-13H2,1-5H3. The van der Waals surface area contributed by atoms with Gasteiger partial charge < -0.3 is 4.74 Å². The third-order valence-corrected chi connectivity index (χ3v) is 6.25. The third-order valence-electron chi connectivity index (χ3n) is 5.09. The number of rotatable bonds is 11. The molecule has 9 nitrogen and oxygen atoms in total. The lowest BCUT2D eigenvalue weighted by Gasteiger charge is -2.21. The number of halogens is 1. The number of ketones is 2. The van der Waals surface area contributed by atoms with Gasteiger partial charge in [0.1, 0.15) is 18.0 Å². The first-order chi connectivity index (χ1) is 15.8. The van der Waals surface area contributed by atoms with Crippen LogP contribution in [-0.4, -0.2) is 56.3 Å². The first-order valence-electron chi connectivity index (χ1n) is 10.5. The number of carbonyl (C=O) groups is 3. The molecular formula is C23H28FN3O6S. The minimum Gasteiger partial charge on any atom is -0.469 e. The number of ether oxygens (including phenoxy) is 1. The smallest absolute Gasteiger partial charge is 0.313 e. The number of methoxy groups -OCH3 is 1. The maximum absolute atomic E-state index is 13.5. The SMILES string of the molecule is COC(=O)CC(=O)CC(=O)CCc1c(-c2ccc(F)cc2)nc(N(C)S(C)(=O)=O)nc1C(C)C. The van der Waals surface area contributed by atoms with Crippen LogP contribution in [-0.2, 0) is 35.6 Å². The molecule has 0 aliphatic carbocycles. The van der Waals surface area contributed by atoms with Gasteiger partial charge in [-0.25, -0.2) is 27.1 Å². The summed E-state index contributed by atoms with van der Waals surface area (Å²) in [6.45, 7) is 3.73. The minimum atomic E-state index is -3.65. The summed E-state index contributed by atoms with van der Waals surface area (Å²) in [6.07, 6.45) is 0.295. The number of nitrogens with zero attached hydrogens (tertiary/aromatic N) is 3. The fourth-order valence-corrected chi connectivity index (χ4v) is 3.60. The zero-order valence-corrected chi connectivity index (χ0v) is 20.6. The van der Waals surface area contributed by atoms with Crippen molar-refractivity contribution in [1.29, 1.82) is 0 Å². The number of benzene rings is 1. The second kappa shape index (κ2) is 11.3. The highest BCUT2D eigenvalue weighted by atomic mass is 32.2. The number of carbonyl (C=O) groups excluding carboxylic acids is 3. The van der Waals surface area contributed by atoms with Gasteiger partial charge in [-0.3, -0.25) is 14.4 Å². The molecule has 0 N–H and O–H groups in total. The summed E-state index contributed by atoms with van der Waals surface area (Å²) < 4.78 is 43.1. The average Bonchev–Trinajstić information content (AvgIpc) is 2.76. The van der Waals surface area contributed by atoms with Crippen LogP contribution in [0.4, 0.5) is 10.3 Å². The van der Waals surface area contributed by atoms with Gasteiger partial charge in [-0.05, 0) is 36.6 Å². The van der Waals surface area contributed by atoms with Crippen molar-refractivity contribution in [1.82, 2.24) is 9.97 Å². The summed E-state index contributed by atoms with van der Waals surface area (Å²) in [5, 5.41) is 0. The van der Waals surface area contributed by atoms with E-state index in [-0.39, 0.29) is 30.5 Å². The van der Waals surface area contributed by atoms with Crippen LogP contribution in [0.1, 0.15) is 50.3 Å². The lowest BCUT2D eigenvalue weighted by atomic mass is 9.94. The van der Waals surface area contributed by atoms with Crippen molar-refractivity contribution in [2.75, 3.05) is 24.7 Å². The molecule has 0 unspecified atom stereocenters. The van der Waals surface area contributed by atoms with Gasteiger partial charge in [0, 0.05) is 24.6 Å². The molecule has 1 aromatic heterocycles. The highest BCUT2D eigenvalue weighted by molar-refractivity contribution is 7.92. The molecular weight excluding hydrogens is 465 g/mol. The number of Topliss-reactive ketones (excluding diaryl/α,β-unsaturated/α-hetero) is 2. The molecule has 2 aromatic rings. The van der Waals surface area contributed by atoms with E-state index in [0.29, 0.717) is 22.5 Å². The highest BCUT2D eigenvalue weighted by Crippen LogP contribution is 2.31. The molecule has 2 rings (SSSR count). The van der Waals surface area contributed by atoms with Crippen molar-refractivity contribution < 1.29 is 31.9 Å². The Labute approximate surface area is 198 Å². The predicted molar refractivity (Wildman–Crippen MR) is 124 cm³/mol. The van der Waals surface area contributed by atoms with E-state index in [4.69, 9.17) is 0 Å². The Balaban J connectivity index is 2.48. The van der Waals surface area contributed by atoms with Crippen LogP contribution in [0.5, 0.6) is 0 Å². The molecule has 11 heteroatoms. The van der Waals surface area contributed by atoms with E-state index in [1.54, 1.807) is 0 Å². The number of anilines is 1. The molecule has 184 valence electrons. The van der Waals surface area contributed by atoms with Crippen LogP contribution in [0, 0.1) is 5.82 Å². The normalized spacial score (nSPS) is 11.4. The molecule has 0 spiro atoms. The number of aromatic nitrogens is 2. The van der Waals surface area contributed by atoms with Crippen molar-refractivity contribution in [2.45, 2.75) is 45.4 Å². The van der Waals surface area contributed by atoms with Gasteiger partial charge in [0.25, 0.3) is 0 Å². The second-order valence-corrected chi connectivity index (χ2v) is 10.1. The molecule has 0 saturated heterocycles. The molecule has 0 amide bonds. The Morgan fingerprint density at radius 2 is 1.68 bits per heavy atom. The van der Waals surface area contributed by atoms with Gasteiger partial charge in [-0.1, -0.05) is 13.8 Å². The quantitative estimate of drug-likeness (QED) is 0.346. The molecule has 0 aliphatic rings. The maximum Gasteiger partial charge on any atom is 0.313 e. The highest BCUT2D eigenvalue weighted by Gasteiger charge is 2.24. The largest absolute Gasteiger partial charge is 0.469 e. The molecule has 0 radical (unpaired) electrons. The molecule has 0 bridgehead atoms. The maximum atomic E-state index is 13.5. The van der Waals surface area contributed by atoms with Gasteiger partial charge in [0.05, 0.1) is 31.2 Å². The summed E-state index contributed by atoms with van der Waals surface area (Å²) in [5.74, 6) is -2.27. The van der Waals surface area contributed by atoms with E-state index in [9.17, 15) is 27.2 Å². The van der Waals surface area contributed by atoms with Crippen LogP contribution in [0.25, 0.3) is 11.3 Å². The van der Waals surface area contributed by atoms with Crippen LogP contribution >= 0.6 is 0 Å². The fourth-order valence-electron chi connectivity index (χ4n) is 3.22. The Bertz CT molecular complexity index is 1180. The predicted octanol–water partition coefficient (Wildman–Crippen LogP) is 2.83. The van der Waals surface area contributed by atoms with Gasteiger partial charge in [-0.15, -0.1) is 0 Å². The zero-order valence-electron chi connectivity index (χ0n) is 19.8. The van der Waals surface area contributed by atoms with Crippen molar-refractivity contribution in [3.63, 3.8) is 0 Å². The van der Waals surface area contributed by atoms with E-state index >= 15 is 0 Å². The minimum absolute atomic E-state index is 0.0224. The topological polar surface area (TPSA) is 124 Å².